The molecule has 2 aromatic carbocycles. The third kappa shape index (κ3) is 4.22. The van der Waals surface area contributed by atoms with Crippen LogP contribution in [0.1, 0.15) is 13.3 Å². The summed E-state index contributed by atoms with van der Waals surface area (Å²) in [5.74, 6) is -0.928. The van der Waals surface area contributed by atoms with Crippen LogP contribution in [0.2, 0.25) is 0 Å². The number of hydrogen-bond donors (Lipinski definition) is 0. The lowest BCUT2D eigenvalue weighted by atomic mass is 10.2. The van der Waals surface area contributed by atoms with E-state index in [9.17, 15) is 22.0 Å². The minimum absolute atomic E-state index is 0.0211. The second-order valence-electron chi connectivity index (χ2n) is 7.31. The van der Waals surface area contributed by atoms with Crippen molar-refractivity contribution in [2.45, 2.75) is 23.3 Å². The van der Waals surface area contributed by atoms with Gasteiger partial charge in [-0.3, -0.25) is 4.79 Å². The minimum Gasteiger partial charge on any atom is -0.419 e. The fourth-order valence-electron chi connectivity index (χ4n) is 3.50. The molecule has 1 saturated heterocycles. The van der Waals surface area contributed by atoms with Crippen molar-refractivity contribution in [3.63, 3.8) is 0 Å². The molecular weight excluding hydrogens is 440 g/mol. The molecule has 32 heavy (non-hydrogen) atoms. The normalized spacial score (nSPS) is 14.6. The van der Waals surface area contributed by atoms with E-state index >= 15 is 0 Å². The van der Waals surface area contributed by atoms with Crippen molar-refractivity contribution >= 4 is 21.6 Å². The molecule has 168 valence electrons. The summed E-state index contributed by atoms with van der Waals surface area (Å²) in [7, 11) is -4.13. The highest BCUT2D eigenvalue weighted by atomic mass is 32.2. The van der Waals surface area contributed by atoms with E-state index in [-0.39, 0.29) is 27.6 Å². The number of carbonyl (C=O) groups excluding carboxylic acids is 1. The molecule has 1 fully saturated rings. The van der Waals surface area contributed by atoms with Gasteiger partial charge in [-0.25, -0.2) is 17.2 Å². The first-order valence-corrected chi connectivity index (χ1v) is 11.6. The zero-order valence-corrected chi connectivity index (χ0v) is 18.1. The maximum Gasteiger partial charge on any atom is 0.236 e. The van der Waals surface area contributed by atoms with Crippen LogP contribution < -0.4 is 4.90 Å². The molecule has 2 heterocycles. The van der Waals surface area contributed by atoms with Gasteiger partial charge in [0.25, 0.3) is 0 Å². The molecule has 4 rings (SSSR count). The Morgan fingerprint density at radius 2 is 1.53 bits per heavy atom. The molecule has 1 aliphatic heterocycles. The van der Waals surface area contributed by atoms with Gasteiger partial charge in [-0.2, -0.15) is 4.98 Å². The van der Waals surface area contributed by atoms with Gasteiger partial charge < -0.3 is 14.2 Å². The summed E-state index contributed by atoms with van der Waals surface area (Å²) >= 11 is 0. The third-order valence-electron chi connectivity index (χ3n) is 5.27. The summed E-state index contributed by atoms with van der Waals surface area (Å²) in [6.07, 6.45) is 0.390. The van der Waals surface area contributed by atoms with Crippen molar-refractivity contribution < 1.29 is 26.4 Å². The van der Waals surface area contributed by atoms with Gasteiger partial charge in [0.2, 0.25) is 32.5 Å². The number of benzene rings is 2. The lowest BCUT2D eigenvalue weighted by Gasteiger charge is -2.34. The summed E-state index contributed by atoms with van der Waals surface area (Å²) < 4.78 is 59.2. The Hall–Kier alpha value is -3.27. The second-order valence-corrected chi connectivity index (χ2v) is 9.18. The Morgan fingerprint density at radius 3 is 2.09 bits per heavy atom. The fraction of sp³-hybridized carbons (Fsp3) is 0.273. The summed E-state index contributed by atoms with van der Waals surface area (Å²) in [4.78, 5) is 19.5. The molecule has 10 heteroatoms. The number of carbonyl (C=O) groups is 1. The monoisotopic (exact) mass is 461 g/mol. The van der Waals surface area contributed by atoms with Crippen molar-refractivity contribution in [2.75, 3.05) is 31.1 Å². The number of aromatic nitrogens is 1. The Balaban J connectivity index is 1.75. The van der Waals surface area contributed by atoms with Crippen LogP contribution in [-0.2, 0) is 14.6 Å². The molecule has 1 aromatic heterocycles. The van der Waals surface area contributed by atoms with Crippen molar-refractivity contribution in [3.05, 3.63) is 60.2 Å². The van der Waals surface area contributed by atoms with Crippen LogP contribution >= 0.6 is 0 Å². The molecule has 0 unspecified atom stereocenters. The predicted molar refractivity (Wildman–Crippen MR) is 113 cm³/mol. The van der Waals surface area contributed by atoms with Gasteiger partial charge in [0.15, 0.2) is 0 Å². The van der Waals surface area contributed by atoms with Crippen LogP contribution in [0.4, 0.5) is 14.7 Å². The first-order valence-electron chi connectivity index (χ1n) is 10.1. The van der Waals surface area contributed by atoms with Gasteiger partial charge >= 0.3 is 0 Å². The van der Waals surface area contributed by atoms with Gasteiger partial charge in [0.05, 0.1) is 4.90 Å². The Bertz CT molecular complexity index is 1220. The van der Waals surface area contributed by atoms with Gasteiger partial charge in [0.1, 0.15) is 11.6 Å². The van der Waals surface area contributed by atoms with Gasteiger partial charge in [-0.15, -0.1) is 0 Å². The maximum atomic E-state index is 13.3. The molecule has 3 aromatic rings. The number of oxazole rings is 1. The van der Waals surface area contributed by atoms with E-state index in [1.807, 2.05) is 0 Å². The molecule has 1 amide bonds. The van der Waals surface area contributed by atoms with E-state index in [2.05, 4.69) is 4.98 Å². The van der Waals surface area contributed by atoms with E-state index in [0.717, 1.165) is 12.1 Å². The summed E-state index contributed by atoms with van der Waals surface area (Å²) in [5.41, 5.74) is 0.410. The van der Waals surface area contributed by atoms with Crippen molar-refractivity contribution in [3.8, 4) is 11.5 Å². The Kier molecular flexibility index (Phi) is 5.96. The van der Waals surface area contributed by atoms with Crippen LogP contribution in [0.25, 0.3) is 11.5 Å². The molecule has 0 spiro atoms. The number of amides is 1. The average Bonchev–Trinajstić information content (AvgIpc) is 3.26. The van der Waals surface area contributed by atoms with Gasteiger partial charge in [-0.1, -0.05) is 6.92 Å². The summed E-state index contributed by atoms with van der Waals surface area (Å²) in [6, 6.07) is 9.78. The van der Waals surface area contributed by atoms with Gasteiger partial charge in [0, 0.05) is 38.2 Å². The number of hydrogen-bond acceptors (Lipinski definition) is 6. The second kappa shape index (κ2) is 8.70. The Morgan fingerprint density at radius 1 is 0.969 bits per heavy atom. The molecule has 0 saturated carbocycles. The molecular formula is C22H21F2N3O4S. The zero-order valence-electron chi connectivity index (χ0n) is 17.3. The first kappa shape index (κ1) is 21.9. The van der Waals surface area contributed by atoms with Crippen LogP contribution in [0.3, 0.4) is 0 Å². The molecule has 0 bridgehead atoms. The number of sulfone groups is 1. The summed E-state index contributed by atoms with van der Waals surface area (Å²) in [6.45, 7) is 3.32. The van der Waals surface area contributed by atoms with Crippen LogP contribution in [0.5, 0.6) is 0 Å². The highest BCUT2D eigenvalue weighted by Gasteiger charge is 2.33. The minimum atomic E-state index is -4.13. The van der Waals surface area contributed by atoms with Crippen LogP contribution in [0, 0.1) is 11.6 Å². The van der Waals surface area contributed by atoms with Crippen molar-refractivity contribution in [2.24, 2.45) is 0 Å². The number of nitrogens with zero attached hydrogens (tertiary/aromatic N) is 3. The zero-order chi connectivity index (χ0) is 22.9. The largest absolute Gasteiger partial charge is 0.419 e. The topological polar surface area (TPSA) is 83.7 Å². The van der Waals surface area contributed by atoms with E-state index in [0.29, 0.717) is 38.2 Å². The van der Waals surface area contributed by atoms with Crippen LogP contribution in [-0.4, -0.2) is 50.4 Å². The van der Waals surface area contributed by atoms with E-state index in [4.69, 9.17) is 4.42 Å². The number of anilines is 1. The SMILES string of the molecule is CCC(=O)N1CCN(c2oc(-c3ccc(F)cc3)nc2S(=O)(=O)c2ccc(F)cc2)CC1. The smallest absolute Gasteiger partial charge is 0.236 e. The highest BCUT2D eigenvalue weighted by Crippen LogP contribution is 2.35. The number of piperazine rings is 1. The van der Waals surface area contributed by atoms with Crippen molar-refractivity contribution in [1.29, 1.82) is 0 Å². The molecule has 1 aliphatic rings. The maximum absolute atomic E-state index is 13.3. The average molecular weight is 461 g/mol. The van der Waals surface area contributed by atoms with E-state index in [1.54, 1.807) is 16.7 Å². The molecule has 7 nitrogen and oxygen atoms in total. The standard InChI is InChI=1S/C22H21F2N3O4S/c1-2-19(28)26-11-13-27(14-12-26)22-21(32(29,30)18-9-7-17(24)8-10-18)25-20(31-22)15-3-5-16(23)6-4-15/h3-10H,2,11-14H2,1H3. The first-order chi connectivity index (χ1) is 15.3. The van der Waals surface area contributed by atoms with Crippen molar-refractivity contribution in [1.82, 2.24) is 9.88 Å². The number of halogens is 2. The van der Waals surface area contributed by atoms with E-state index in [1.165, 1.54) is 36.4 Å². The third-order valence-corrected chi connectivity index (χ3v) is 6.94. The quantitative estimate of drug-likeness (QED) is 0.541. The summed E-state index contributed by atoms with van der Waals surface area (Å²) in [5, 5.41) is -0.307. The van der Waals surface area contributed by atoms with Crippen LogP contribution in [0.15, 0.2) is 62.9 Å². The number of rotatable bonds is 5. The highest BCUT2D eigenvalue weighted by molar-refractivity contribution is 7.91. The lowest BCUT2D eigenvalue weighted by Crippen LogP contribution is -2.48. The predicted octanol–water partition coefficient (Wildman–Crippen LogP) is 3.51. The van der Waals surface area contributed by atoms with Gasteiger partial charge in [-0.05, 0) is 48.5 Å². The molecule has 0 atom stereocenters. The van der Waals surface area contributed by atoms with E-state index < -0.39 is 21.5 Å². The lowest BCUT2D eigenvalue weighted by molar-refractivity contribution is -0.131. The Labute approximate surface area is 184 Å². The molecule has 0 N–H and O–H groups in total. The molecule has 0 radical (unpaired) electrons. The fourth-order valence-corrected chi connectivity index (χ4v) is 4.82. The molecule has 0 aliphatic carbocycles.